The lowest BCUT2D eigenvalue weighted by Gasteiger charge is -2.32. The van der Waals surface area contributed by atoms with Crippen LogP contribution < -0.4 is 5.32 Å². The van der Waals surface area contributed by atoms with E-state index in [-0.39, 0.29) is 11.9 Å². The summed E-state index contributed by atoms with van der Waals surface area (Å²) in [5, 5.41) is 3.49. The Morgan fingerprint density at radius 3 is 2.71 bits per heavy atom. The van der Waals surface area contributed by atoms with Crippen LogP contribution in [0.1, 0.15) is 51.1 Å². The highest BCUT2D eigenvalue weighted by molar-refractivity contribution is 5.20. The number of nitrogens with zero attached hydrogens (tertiary/aromatic N) is 1. The van der Waals surface area contributed by atoms with Crippen LogP contribution in [0.15, 0.2) is 24.3 Å². The normalized spacial score (nSPS) is 17.0. The Morgan fingerprint density at radius 1 is 1.33 bits per heavy atom. The number of benzene rings is 1. The van der Waals surface area contributed by atoms with Gasteiger partial charge in [-0.05, 0) is 62.5 Å². The van der Waals surface area contributed by atoms with Crippen LogP contribution in [0.2, 0.25) is 0 Å². The van der Waals surface area contributed by atoms with Crippen LogP contribution >= 0.6 is 0 Å². The van der Waals surface area contributed by atoms with Crippen LogP contribution in [-0.4, -0.2) is 31.1 Å². The molecule has 1 atom stereocenters. The number of halogens is 1. The fraction of sp³-hybridized carbons (Fsp3) is 0.667. The summed E-state index contributed by atoms with van der Waals surface area (Å²) < 4.78 is 13.4. The molecule has 1 unspecified atom stereocenters. The molecule has 2 nitrogen and oxygen atoms in total. The number of rotatable bonds is 9. The van der Waals surface area contributed by atoms with E-state index < -0.39 is 0 Å². The van der Waals surface area contributed by atoms with E-state index in [9.17, 15) is 4.39 Å². The van der Waals surface area contributed by atoms with Crippen molar-refractivity contribution < 1.29 is 4.39 Å². The molecule has 0 saturated heterocycles. The first-order chi connectivity index (χ1) is 10.2. The molecule has 0 radical (unpaired) electrons. The summed E-state index contributed by atoms with van der Waals surface area (Å²) in [6, 6.07) is 7.26. The quantitative estimate of drug-likeness (QED) is 0.740. The first-order valence-electron chi connectivity index (χ1n) is 8.44. The van der Waals surface area contributed by atoms with E-state index >= 15 is 0 Å². The van der Waals surface area contributed by atoms with Crippen LogP contribution in [0.4, 0.5) is 4.39 Å². The van der Waals surface area contributed by atoms with E-state index in [1.165, 1.54) is 31.9 Å². The average molecular weight is 292 g/mol. The van der Waals surface area contributed by atoms with Crippen molar-refractivity contribution in [3.8, 4) is 0 Å². The zero-order valence-electron chi connectivity index (χ0n) is 13.4. The number of hydrogen-bond acceptors (Lipinski definition) is 2. The number of nitrogens with one attached hydrogen (secondary N) is 1. The Balaban J connectivity index is 1.89. The van der Waals surface area contributed by atoms with E-state index in [0.717, 1.165) is 37.5 Å². The van der Waals surface area contributed by atoms with E-state index in [4.69, 9.17) is 0 Å². The van der Waals surface area contributed by atoms with E-state index in [2.05, 4.69) is 24.1 Å². The molecule has 1 fully saturated rings. The van der Waals surface area contributed by atoms with Gasteiger partial charge < -0.3 is 10.2 Å². The standard InChI is InChI=1S/C18H29FN2/c1-3-20-18(16-9-6-10-17(19)13-16)11-12-21(4-2)14-15-7-5-8-15/h6,9-10,13,15,18,20H,3-5,7-8,11-12,14H2,1-2H3. The zero-order valence-corrected chi connectivity index (χ0v) is 13.4. The second-order valence-corrected chi connectivity index (χ2v) is 6.14. The summed E-state index contributed by atoms with van der Waals surface area (Å²) in [6.45, 7) is 8.69. The molecule has 1 saturated carbocycles. The van der Waals surface area contributed by atoms with E-state index in [1.54, 1.807) is 12.1 Å². The second-order valence-electron chi connectivity index (χ2n) is 6.14. The lowest BCUT2D eigenvalue weighted by Crippen LogP contribution is -2.35. The van der Waals surface area contributed by atoms with Crippen molar-refractivity contribution in [3.63, 3.8) is 0 Å². The third-order valence-electron chi connectivity index (χ3n) is 4.62. The van der Waals surface area contributed by atoms with Gasteiger partial charge in [0.25, 0.3) is 0 Å². The Hall–Kier alpha value is -0.930. The molecule has 3 heteroatoms. The minimum Gasteiger partial charge on any atom is -0.310 e. The molecule has 0 aliphatic heterocycles. The van der Waals surface area contributed by atoms with Gasteiger partial charge in [0.15, 0.2) is 0 Å². The summed E-state index contributed by atoms with van der Waals surface area (Å²) in [6.07, 6.45) is 5.25. The average Bonchev–Trinajstić information content (AvgIpc) is 2.44. The van der Waals surface area contributed by atoms with Crippen molar-refractivity contribution in [3.05, 3.63) is 35.6 Å². The lowest BCUT2D eigenvalue weighted by molar-refractivity contribution is 0.177. The first kappa shape index (κ1) is 16.4. The second kappa shape index (κ2) is 8.50. The highest BCUT2D eigenvalue weighted by atomic mass is 19.1. The Labute approximate surface area is 128 Å². The van der Waals surface area contributed by atoms with Crippen LogP contribution in [0.3, 0.4) is 0 Å². The molecule has 0 bridgehead atoms. The van der Waals surface area contributed by atoms with Gasteiger partial charge in [-0.25, -0.2) is 4.39 Å². The Bertz CT molecular complexity index is 417. The maximum absolute atomic E-state index is 13.4. The molecule has 1 N–H and O–H groups in total. The lowest BCUT2D eigenvalue weighted by atomic mass is 9.85. The molecule has 118 valence electrons. The molecule has 0 heterocycles. The van der Waals surface area contributed by atoms with Crippen LogP contribution in [-0.2, 0) is 0 Å². The maximum atomic E-state index is 13.4. The molecule has 0 spiro atoms. The van der Waals surface area contributed by atoms with Gasteiger partial charge in [-0.3, -0.25) is 0 Å². The predicted molar refractivity (Wildman–Crippen MR) is 86.9 cm³/mol. The monoisotopic (exact) mass is 292 g/mol. The van der Waals surface area contributed by atoms with Crippen molar-refractivity contribution in [2.24, 2.45) is 5.92 Å². The molecule has 1 aliphatic carbocycles. The van der Waals surface area contributed by atoms with Gasteiger partial charge in [0.1, 0.15) is 5.82 Å². The highest BCUT2D eigenvalue weighted by Crippen LogP contribution is 2.27. The highest BCUT2D eigenvalue weighted by Gasteiger charge is 2.20. The molecule has 1 aromatic carbocycles. The fourth-order valence-electron chi connectivity index (χ4n) is 3.09. The molecular weight excluding hydrogens is 263 g/mol. The third-order valence-corrected chi connectivity index (χ3v) is 4.62. The maximum Gasteiger partial charge on any atom is 0.123 e. The molecule has 2 rings (SSSR count). The fourth-order valence-corrected chi connectivity index (χ4v) is 3.09. The molecule has 1 aromatic rings. The molecule has 0 aromatic heterocycles. The first-order valence-corrected chi connectivity index (χ1v) is 8.44. The van der Waals surface area contributed by atoms with Gasteiger partial charge in [-0.15, -0.1) is 0 Å². The zero-order chi connectivity index (χ0) is 15.1. The smallest absolute Gasteiger partial charge is 0.123 e. The SMILES string of the molecule is CCNC(CCN(CC)CC1CCC1)c1cccc(F)c1. The topological polar surface area (TPSA) is 15.3 Å². The van der Waals surface area contributed by atoms with Crippen LogP contribution in [0, 0.1) is 11.7 Å². The van der Waals surface area contributed by atoms with Gasteiger partial charge >= 0.3 is 0 Å². The third kappa shape index (κ3) is 5.08. The number of hydrogen-bond donors (Lipinski definition) is 1. The largest absolute Gasteiger partial charge is 0.310 e. The predicted octanol–water partition coefficient (Wildman–Crippen LogP) is 3.99. The van der Waals surface area contributed by atoms with Crippen molar-refractivity contribution in [1.82, 2.24) is 10.2 Å². The van der Waals surface area contributed by atoms with Crippen LogP contribution in [0.25, 0.3) is 0 Å². The van der Waals surface area contributed by atoms with Gasteiger partial charge in [0.2, 0.25) is 0 Å². The minimum atomic E-state index is -0.141. The summed E-state index contributed by atoms with van der Waals surface area (Å²) in [5.41, 5.74) is 1.07. The molecular formula is C18H29FN2. The van der Waals surface area contributed by atoms with Gasteiger partial charge in [-0.1, -0.05) is 32.4 Å². The van der Waals surface area contributed by atoms with Crippen molar-refractivity contribution in [2.75, 3.05) is 26.2 Å². The van der Waals surface area contributed by atoms with Gasteiger partial charge in [0.05, 0.1) is 0 Å². The summed E-state index contributed by atoms with van der Waals surface area (Å²) in [4.78, 5) is 2.55. The van der Waals surface area contributed by atoms with Gasteiger partial charge in [0, 0.05) is 12.6 Å². The van der Waals surface area contributed by atoms with Gasteiger partial charge in [-0.2, -0.15) is 0 Å². The summed E-state index contributed by atoms with van der Waals surface area (Å²) >= 11 is 0. The Kier molecular flexibility index (Phi) is 6.65. The molecule has 0 amide bonds. The van der Waals surface area contributed by atoms with E-state index in [0.29, 0.717) is 0 Å². The summed E-state index contributed by atoms with van der Waals surface area (Å²) in [7, 11) is 0. The Morgan fingerprint density at radius 2 is 2.14 bits per heavy atom. The molecule has 21 heavy (non-hydrogen) atoms. The molecule has 1 aliphatic rings. The summed E-state index contributed by atoms with van der Waals surface area (Å²) in [5.74, 6) is 0.772. The minimum absolute atomic E-state index is 0.141. The van der Waals surface area contributed by atoms with E-state index in [1.807, 2.05) is 6.07 Å². The van der Waals surface area contributed by atoms with Crippen molar-refractivity contribution >= 4 is 0 Å². The van der Waals surface area contributed by atoms with Crippen LogP contribution in [0.5, 0.6) is 0 Å². The van der Waals surface area contributed by atoms with Crippen molar-refractivity contribution in [1.29, 1.82) is 0 Å². The van der Waals surface area contributed by atoms with Crippen molar-refractivity contribution in [2.45, 2.75) is 45.6 Å².